The van der Waals surface area contributed by atoms with Crippen molar-refractivity contribution in [3.8, 4) is 0 Å². The first-order valence-corrected chi connectivity index (χ1v) is 5.46. The van der Waals surface area contributed by atoms with Crippen LogP contribution in [0, 0.1) is 29.6 Å². The van der Waals surface area contributed by atoms with E-state index in [1.165, 1.54) is 12.8 Å². The zero-order chi connectivity index (χ0) is 9.00. The molecule has 3 rings (SSSR count). The van der Waals surface area contributed by atoms with Gasteiger partial charge < -0.3 is 0 Å². The van der Waals surface area contributed by atoms with E-state index in [0.29, 0.717) is 11.7 Å². The Balaban J connectivity index is 1.70. The second kappa shape index (κ2) is 2.46. The molecule has 0 heterocycles. The summed E-state index contributed by atoms with van der Waals surface area (Å²) in [6, 6.07) is 0. The zero-order valence-corrected chi connectivity index (χ0v) is 7.91. The first-order chi connectivity index (χ1) is 6.33. The average Bonchev–Trinajstić information content (AvgIpc) is 2.69. The molecule has 3 saturated carbocycles. The van der Waals surface area contributed by atoms with Crippen molar-refractivity contribution in [2.24, 2.45) is 29.6 Å². The predicted molar refractivity (Wildman–Crippen MR) is 51.1 cm³/mol. The first kappa shape index (κ1) is 7.78. The molecule has 5 unspecified atom stereocenters. The van der Waals surface area contributed by atoms with E-state index in [2.05, 4.69) is 6.58 Å². The van der Waals surface area contributed by atoms with E-state index < -0.39 is 0 Å². The Morgan fingerprint density at radius 1 is 1.46 bits per heavy atom. The molecule has 0 aromatic rings. The van der Waals surface area contributed by atoms with Gasteiger partial charge in [-0.05, 0) is 42.9 Å². The topological polar surface area (TPSA) is 17.1 Å². The van der Waals surface area contributed by atoms with Crippen LogP contribution < -0.4 is 0 Å². The van der Waals surface area contributed by atoms with Crippen molar-refractivity contribution in [3.05, 3.63) is 12.7 Å². The molecule has 0 aliphatic heterocycles. The van der Waals surface area contributed by atoms with Gasteiger partial charge in [0.1, 0.15) is 5.78 Å². The molecule has 1 nitrogen and oxygen atoms in total. The van der Waals surface area contributed by atoms with Crippen LogP contribution in [0.5, 0.6) is 0 Å². The van der Waals surface area contributed by atoms with Crippen LogP contribution >= 0.6 is 0 Å². The number of Topliss-reactive ketones (excluding diaryl/α,β-unsaturated/α-hetero) is 1. The van der Waals surface area contributed by atoms with Crippen molar-refractivity contribution < 1.29 is 4.79 Å². The minimum Gasteiger partial charge on any atom is -0.299 e. The average molecular weight is 176 g/mol. The van der Waals surface area contributed by atoms with Crippen LogP contribution in [-0.2, 0) is 4.79 Å². The fraction of sp³-hybridized carbons (Fsp3) is 0.750. The van der Waals surface area contributed by atoms with Crippen LogP contribution in [0.3, 0.4) is 0 Å². The highest BCUT2D eigenvalue weighted by atomic mass is 16.1. The van der Waals surface area contributed by atoms with Gasteiger partial charge in [0, 0.05) is 12.3 Å². The summed E-state index contributed by atoms with van der Waals surface area (Å²) in [5, 5.41) is 0. The lowest BCUT2D eigenvalue weighted by Crippen LogP contribution is -2.03. The zero-order valence-electron chi connectivity index (χ0n) is 7.91. The summed E-state index contributed by atoms with van der Waals surface area (Å²) < 4.78 is 0. The number of carbonyl (C=O) groups excluding carboxylic acids is 1. The molecule has 0 radical (unpaired) electrons. The van der Waals surface area contributed by atoms with Crippen molar-refractivity contribution in [2.75, 3.05) is 0 Å². The van der Waals surface area contributed by atoms with Gasteiger partial charge in [-0.1, -0.05) is 6.08 Å². The molecule has 0 aromatic heterocycles. The molecule has 3 aliphatic rings. The van der Waals surface area contributed by atoms with Gasteiger partial charge in [-0.3, -0.25) is 4.79 Å². The minimum atomic E-state index is 0.522. The van der Waals surface area contributed by atoms with Gasteiger partial charge in [-0.25, -0.2) is 0 Å². The second-order valence-electron chi connectivity index (χ2n) is 4.97. The molecule has 0 saturated heterocycles. The number of hydrogen-bond donors (Lipinski definition) is 0. The highest BCUT2D eigenvalue weighted by Gasteiger charge is 2.68. The van der Waals surface area contributed by atoms with Crippen LogP contribution in [0.25, 0.3) is 0 Å². The van der Waals surface area contributed by atoms with Gasteiger partial charge in [-0.2, -0.15) is 0 Å². The van der Waals surface area contributed by atoms with Gasteiger partial charge in [0.25, 0.3) is 0 Å². The normalized spacial score (nSPS) is 50.8. The Morgan fingerprint density at radius 2 is 2.31 bits per heavy atom. The maximum atomic E-state index is 11.5. The third-order valence-corrected chi connectivity index (χ3v) is 4.40. The maximum Gasteiger partial charge on any atom is 0.136 e. The molecule has 13 heavy (non-hydrogen) atoms. The van der Waals surface area contributed by atoms with Crippen LogP contribution in [0.4, 0.5) is 0 Å². The summed E-state index contributed by atoms with van der Waals surface area (Å²) in [4.78, 5) is 11.5. The van der Waals surface area contributed by atoms with Crippen LogP contribution in [0.1, 0.15) is 25.7 Å². The number of allylic oxidation sites excluding steroid dienone is 1. The smallest absolute Gasteiger partial charge is 0.136 e. The summed E-state index contributed by atoms with van der Waals surface area (Å²) in [5.74, 6) is 4.41. The third kappa shape index (κ3) is 0.905. The van der Waals surface area contributed by atoms with Crippen LogP contribution in [0.15, 0.2) is 12.7 Å². The molecule has 5 atom stereocenters. The lowest BCUT2D eigenvalue weighted by molar-refractivity contribution is -0.119. The Bertz CT molecular complexity index is 268. The van der Waals surface area contributed by atoms with Gasteiger partial charge >= 0.3 is 0 Å². The standard InChI is InChI=1S/C12H16O/c1-2-3-4-7-5-8-6-9(13)12-10(7)11(8)12/h2,7-8,10-12H,1,3-6H2. The van der Waals surface area contributed by atoms with Gasteiger partial charge in [0.2, 0.25) is 0 Å². The lowest BCUT2D eigenvalue weighted by atomic mass is 9.94. The number of hydrogen-bond acceptors (Lipinski definition) is 1. The summed E-state index contributed by atoms with van der Waals surface area (Å²) in [6.45, 7) is 3.76. The number of carbonyl (C=O) groups is 1. The van der Waals surface area contributed by atoms with Crippen molar-refractivity contribution in [3.63, 3.8) is 0 Å². The molecular weight excluding hydrogens is 160 g/mol. The van der Waals surface area contributed by atoms with Crippen molar-refractivity contribution >= 4 is 5.78 Å². The maximum absolute atomic E-state index is 11.5. The van der Waals surface area contributed by atoms with Crippen LogP contribution in [-0.4, -0.2) is 5.78 Å². The van der Waals surface area contributed by atoms with Gasteiger partial charge in [0.15, 0.2) is 0 Å². The molecule has 1 heteroatoms. The van der Waals surface area contributed by atoms with E-state index in [1.54, 1.807) is 0 Å². The second-order valence-corrected chi connectivity index (χ2v) is 4.97. The number of fused-ring (bicyclic) bond motifs is 1. The van der Waals surface area contributed by atoms with E-state index in [-0.39, 0.29) is 0 Å². The molecule has 70 valence electrons. The summed E-state index contributed by atoms with van der Waals surface area (Å²) >= 11 is 0. The monoisotopic (exact) mass is 176 g/mol. The van der Waals surface area contributed by atoms with Crippen molar-refractivity contribution in [2.45, 2.75) is 25.7 Å². The molecule has 3 fully saturated rings. The molecule has 0 N–H and O–H groups in total. The van der Waals surface area contributed by atoms with E-state index in [9.17, 15) is 4.79 Å². The number of rotatable bonds is 3. The van der Waals surface area contributed by atoms with Gasteiger partial charge in [-0.15, -0.1) is 6.58 Å². The summed E-state index contributed by atoms with van der Waals surface area (Å²) in [6.07, 6.45) is 6.69. The largest absolute Gasteiger partial charge is 0.299 e. The highest BCUT2D eigenvalue weighted by Crippen LogP contribution is 2.69. The van der Waals surface area contributed by atoms with E-state index in [1.807, 2.05) is 6.08 Å². The van der Waals surface area contributed by atoms with E-state index in [0.717, 1.165) is 36.5 Å². The van der Waals surface area contributed by atoms with Crippen molar-refractivity contribution in [1.29, 1.82) is 0 Å². The third-order valence-electron chi connectivity index (χ3n) is 4.40. The van der Waals surface area contributed by atoms with Crippen LogP contribution in [0.2, 0.25) is 0 Å². The van der Waals surface area contributed by atoms with Gasteiger partial charge in [0.05, 0.1) is 0 Å². The summed E-state index contributed by atoms with van der Waals surface area (Å²) in [7, 11) is 0. The highest BCUT2D eigenvalue weighted by molar-refractivity contribution is 5.88. The Kier molecular flexibility index (Phi) is 1.47. The van der Waals surface area contributed by atoms with E-state index >= 15 is 0 Å². The molecule has 3 aliphatic carbocycles. The molecule has 0 amide bonds. The molecule has 0 spiro atoms. The Morgan fingerprint density at radius 3 is 2.92 bits per heavy atom. The first-order valence-electron chi connectivity index (χ1n) is 5.46. The Labute approximate surface area is 79.2 Å². The fourth-order valence-electron chi connectivity index (χ4n) is 3.96. The minimum absolute atomic E-state index is 0.522. The SMILES string of the molecule is C=CCCC1CC2CC(=O)C3C1C23. The lowest BCUT2D eigenvalue weighted by Gasteiger charge is -2.10. The predicted octanol–water partition coefficient (Wildman–Crippen LogP) is 2.42. The molecular formula is C12H16O. The van der Waals surface area contributed by atoms with Crippen molar-refractivity contribution in [1.82, 2.24) is 0 Å². The Hall–Kier alpha value is -0.590. The number of ketones is 1. The van der Waals surface area contributed by atoms with E-state index in [4.69, 9.17) is 0 Å². The quantitative estimate of drug-likeness (QED) is 0.603. The molecule has 0 bridgehead atoms. The molecule has 0 aromatic carbocycles. The summed E-state index contributed by atoms with van der Waals surface area (Å²) in [5.41, 5.74) is 0. The fourth-order valence-corrected chi connectivity index (χ4v) is 3.96.